The monoisotopic (exact) mass is 238 g/mol. The number of hydrogen-bond donors (Lipinski definition) is 2. The summed E-state index contributed by atoms with van der Waals surface area (Å²) in [4.78, 5) is 21.6. The molecule has 1 amide bonds. The van der Waals surface area contributed by atoms with Crippen LogP contribution in [0, 0.1) is 17.0 Å². The van der Waals surface area contributed by atoms with Gasteiger partial charge in [0.15, 0.2) is 0 Å². The fourth-order valence-electron chi connectivity index (χ4n) is 1.49. The molecule has 0 radical (unpaired) electrons. The average molecular weight is 238 g/mol. The zero-order valence-corrected chi connectivity index (χ0v) is 9.47. The van der Waals surface area contributed by atoms with Gasteiger partial charge in [0.25, 0.3) is 5.69 Å². The summed E-state index contributed by atoms with van der Waals surface area (Å²) in [6.45, 7) is 1.68. The number of nitrogens with zero attached hydrogens (tertiary/aromatic N) is 1. The van der Waals surface area contributed by atoms with Gasteiger partial charge in [-0.25, -0.2) is 0 Å². The average Bonchev–Trinajstić information content (AvgIpc) is 2.28. The standard InChI is InChI=1S/C11H14N2O4/c1-8-9(7-11(15)12-5-6-14)3-2-4-10(8)13(16)17/h2-4,14H,5-7H2,1H3,(H,12,15). The highest BCUT2D eigenvalue weighted by Gasteiger charge is 2.14. The lowest BCUT2D eigenvalue weighted by Gasteiger charge is -2.06. The van der Waals surface area contributed by atoms with Crippen LogP contribution in [0.1, 0.15) is 11.1 Å². The quantitative estimate of drug-likeness (QED) is 0.579. The minimum absolute atomic E-state index is 0.0115. The first-order chi connectivity index (χ1) is 8.06. The summed E-state index contributed by atoms with van der Waals surface area (Å²) in [5, 5.41) is 21.8. The van der Waals surface area contributed by atoms with Gasteiger partial charge in [0.05, 0.1) is 18.0 Å². The maximum Gasteiger partial charge on any atom is 0.272 e. The smallest absolute Gasteiger partial charge is 0.272 e. The number of hydrogen-bond acceptors (Lipinski definition) is 4. The largest absolute Gasteiger partial charge is 0.395 e. The molecule has 0 heterocycles. The van der Waals surface area contributed by atoms with Crippen LogP contribution in [0.5, 0.6) is 0 Å². The van der Waals surface area contributed by atoms with E-state index in [2.05, 4.69) is 5.32 Å². The Morgan fingerprint density at radius 2 is 2.24 bits per heavy atom. The van der Waals surface area contributed by atoms with Crippen LogP contribution in [-0.2, 0) is 11.2 Å². The summed E-state index contributed by atoms with van der Waals surface area (Å²) < 4.78 is 0. The Hall–Kier alpha value is -1.95. The summed E-state index contributed by atoms with van der Waals surface area (Å²) in [6.07, 6.45) is 0.0769. The molecular weight excluding hydrogens is 224 g/mol. The van der Waals surface area contributed by atoms with Crippen molar-refractivity contribution in [1.29, 1.82) is 0 Å². The maximum atomic E-state index is 11.4. The van der Waals surface area contributed by atoms with Crippen LogP contribution in [-0.4, -0.2) is 29.1 Å². The van der Waals surface area contributed by atoms with E-state index in [1.54, 1.807) is 19.1 Å². The van der Waals surface area contributed by atoms with Crippen LogP contribution in [0.25, 0.3) is 0 Å². The van der Waals surface area contributed by atoms with Gasteiger partial charge in [0.1, 0.15) is 0 Å². The van der Waals surface area contributed by atoms with Gasteiger partial charge in [-0.1, -0.05) is 12.1 Å². The number of aliphatic hydroxyl groups excluding tert-OH is 1. The number of nitro groups is 1. The van der Waals surface area contributed by atoms with Crippen molar-refractivity contribution in [1.82, 2.24) is 5.32 Å². The van der Waals surface area contributed by atoms with Crippen molar-refractivity contribution in [3.05, 3.63) is 39.4 Å². The van der Waals surface area contributed by atoms with Crippen LogP contribution in [0.3, 0.4) is 0 Å². The molecule has 6 heteroatoms. The molecule has 0 atom stereocenters. The Labute approximate surface area is 98.4 Å². The van der Waals surface area contributed by atoms with Gasteiger partial charge < -0.3 is 10.4 Å². The lowest BCUT2D eigenvalue weighted by atomic mass is 10.0. The van der Waals surface area contributed by atoms with Gasteiger partial charge in [-0.15, -0.1) is 0 Å². The first kappa shape index (κ1) is 13.1. The second-order valence-corrected chi connectivity index (χ2v) is 3.57. The number of amides is 1. The van der Waals surface area contributed by atoms with Gasteiger partial charge in [0.2, 0.25) is 5.91 Å². The second-order valence-electron chi connectivity index (χ2n) is 3.57. The zero-order valence-electron chi connectivity index (χ0n) is 9.47. The van der Waals surface area contributed by atoms with E-state index in [0.717, 1.165) is 0 Å². The Morgan fingerprint density at radius 1 is 1.53 bits per heavy atom. The van der Waals surface area contributed by atoms with Crippen molar-refractivity contribution in [2.75, 3.05) is 13.2 Å². The molecule has 0 bridgehead atoms. The van der Waals surface area contributed by atoms with Crippen molar-refractivity contribution < 1.29 is 14.8 Å². The predicted octanol–water partition coefficient (Wildman–Crippen LogP) is 0.554. The van der Waals surface area contributed by atoms with Crippen molar-refractivity contribution >= 4 is 11.6 Å². The van der Waals surface area contributed by atoms with Crippen molar-refractivity contribution in [3.63, 3.8) is 0 Å². The van der Waals surface area contributed by atoms with Crippen LogP contribution >= 0.6 is 0 Å². The summed E-state index contributed by atoms with van der Waals surface area (Å²) in [5.41, 5.74) is 1.13. The van der Waals surface area contributed by atoms with E-state index in [4.69, 9.17) is 5.11 Å². The molecule has 17 heavy (non-hydrogen) atoms. The molecule has 0 aliphatic carbocycles. The Balaban J connectivity index is 2.81. The fourth-order valence-corrected chi connectivity index (χ4v) is 1.49. The fraction of sp³-hybridized carbons (Fsp3) is 0.364. The number of carbonyl (C=O) groups excluding carboxylic acids is 1. The van der Waals surface area contributed by atoms with Crippen LogP contribution in [0.15, 0.2) is 18.2 Å². The lowest BCUT2D eigenvalue weighted by molar-refractivity contribution is -0.385. The highest BCUT2D eigenvalue weighted by molar-refractivity contribution is 5.79. The third-order valence-electron chi connectivity index (χ3n) is 2.40. The molecule has 1 rings (SSSR count). The molecule has 0 saturated carbocycles. The molecule has 0 spiro atoms. The highest BCUT2D eigenvalue weighted by atomic mass is 16.6. The summed E-state index contributed by atoms with van der Waals surface area (Å²) in [5.74, 6) is -0.261. The number of nitrogens with one attached hydrogen (secondary N) is 1. The van der Waals surface area contributed by atoms with E-state index in [-0.39, 0.29) is 31.2 Å². The highest BCUT2D eigenvalue weighted by Crippen LogP contribution is 2.21. The molecule has 0 fully saturated rings. The molecule has 0 aromatic heterocycles. The Kier molecular flexibility index (Phi) is 4.59. The van der Waals surface area contributed by atoms with E-state index >= 15 is 0 Å². The number of benzene rings is 1. The van der Waals surface area contributed by atoms with E-state index in [9.17, 15) is 14.9 Å². The van der Waals surface area contributed by atoms with Crippen molar-refractivity contribution in [2.45, 2.75) is 13.3 Å². The number of carbonyl (C=O) groups is 1. The molecular formula is C11H14N2O4. The zero-order chi connectivity index (χ0) is 12.8. The molecule has 0 aliphatic heterocycles. The summed E-state index contributed by atoms with van der Waals surface area (Å²) >= 11 is 0. The number of aliphatic hydroxyl groups is 1. The molecule has 92 valence electrons. The van der Waals surface area contributed by atoms with Gasteiger partial charge in [0, 0.05) is 18.2 Å². The molecule has 0 saturated heterocycles. The third kappa shape index (κ3) is 3.53. The van der Waals surface area contributed by atoms with Crippen molar-refractivity contribution in [3.8, 4) is 0 Å². The SMILES string of the molecule is Cc1c(CC(=O)NCCO)cccc1[N+](=O)[O-]. The minimum atomic E-state index is -0.468. The summed E-state index contributed by atoms with van der Waals surface area (Å²) in [6, 6.07) is 4.64. The van der Waals surface area contributed by atoms with E-state index < -0.39 is 4.92 Å². The molecule has 1 aromatic carbocycles. The Bertz CT molecular complexity index is 431. The van der Waals surface area contributed by atoms with E-state index in [1.807, 2.05) is 0 Å². The number of nitro benzene ring substituents is 1. The molecule has 2 N–H and O–H groups in total. The third-order valence-corrected chi connectivity index (χ3v) is 2.40. The Morgan fingerprint density at radius 3 is 2.82 bits per heavy atom. The van der Waals surface area contributed by atoms with Gasteiger partial charge in [-0.3, -0.25) is 14.9 Å². The first-order valence-corrected chi connectivity index (χ1v) is 5.16. The topological polar surface area (TPSA) is 92.5 Å². The minimum Gasteiger partial charge on any atom is -0.395 e. The van der Waals surface area contributed by atoms with E-state index in [0.29, 0.717) is 11.1 Å². The molecule has 0 unspecified atom stereocenters. The number of rotatable bonds is 5. The van der Waals surface area contributed by atoms with Gasteiger partial charge >= 0.3 is 0 Å². The van der Waals surface area contributed by atoms with Crippen LogP contribution in [0.4, 0.5) is 5.69 Å². The van der Waals surface area contributed by atoms with Crippen molar-refractivity contribution in [2.24, 2.45) is 0 Å². The summed E-state index contributed by atoms with van der Waals surface area (Å²) in [7, 11) is 0. The maximum absolute atomic E-state index is 11.4. The lowest BCUT2D eigenvalue weighted by Crippen LogP contribution is -2.28. The van der Waals surface area contributed by atoms with E-state index in [1.165, 1.54) is 6.07 Å². The van der Waals surface area contributed by atoms with Crippen LogP contribution in [0.2, 0.25) is 0 Å². The molecule has 1 aromatic rings. The van der Waals surface area contributed by atoms with Gasteiger partial charge in [-0.2, -0.15) is 0 Å². The predicted molar refractivity (Wildman–Crippen MR) is 61.6 cm³/mol. The van der Waals surface area contributed by atoms with Crippen LogP contribution < -0.4 is 5.32 Å². The van der Waals surface area contributed by atoms with Gasteiger partial charge in [-0.05, 0) is 12.5 Å². The first-order valence-electron chi connectivity index (χ1n) is 5.16. The molecule has 6 nitrogen and oxygen atoms in total. The normalized spacial score (nSPS) is 10.0. The second kappa shape index (κ2) is 5.95. The molecule has 0 aliphatic rings.